The van der Waals surface area contributed by atoms with Crippen molar-refractivity contribution in [2.75, 3.05) is 10.0 Å². The highest BCUT2D eigenvalue weighted by atomic mass is 35.5. The number of anilines is 2. The molecule has 29 heavy (non-hydrogen) atoms. The summed E-state index contributed by atoms with van der Waals surface area (Å²) < 4.78 is 28.2. The Labute approximate surface area is 178 Å². The molecule has 0 unspecified atom stereocenters. The maximum absolute atomic E-state index is 12.8. The number of aromatic nitrogens is 1. The molecule has 1 amide bonds. The number of nitrogens with zero attached hydrogens (tertiary/aromatic N) is 1. The maximum Gasteiger partial charge on any atom is 0.263 e. The lowest BCUT2D eigenvalue weighted by molar-refractivity contribution is -0.114. The molecule has 3 rings (SSSR count). The van der Waals surface area contributed by atoms with Crippen molar-refractivity contribution in [3.8, 4) is 11.1 Å². The Morgan fingerprint density at radius 1 is 1.03 bits per heavy atom. The number of carbonyl (C=O) groups is 1. The first-order chi connectivity index (χ1) is 13.7. The van der Waals surface area contributed by atoms with Gasteiger partial charge in [0, 0.05) is 18.7 Å². The molecule has 0 spiro atoms. The number of carbonyl (C=O) groups excluding carboxylic acids is 1. The second-order valence-corrected chi connectivity index (χ2v) is 8.77. The molecule has 1 aromatic heterocycles. The molecule has 6 nitrogen and oxygen atoms in total. The summed E-state index contributed by atoms with van der Waals surface area (Å²) in [5, 5.41) is 2.79. The molecule has 0 aliphatic heterocycles. The van der Waals surface area contributed by atoms with E-state index in [1.807, 2.05) is 6.07 Å². The molecule has 0 bridgehead atoms. The average Bonchev–Trinajstić information content (AvgIpc) is 2.65. The SMILES string of the molecule is CC(=O)Nc1cncc(-c2ccc(C)c(NS(=O)(=O)c3cccc(Cl)c3Cl)c2)c1. The molecule has 0 aliphatic carbocycles. The summed E-state index contributed by atoms with van der Waals surface area (Å²) in [6.45, 7) is 3.19. The third-order valence-corrected chi connectivity index (χ3v) is 6.42. The monoisotopic (exact) mass is 449 g/mol. The molecule has 3 aromatic rings. The van der Waals surface area contributed by atoms with E-state index in [9.17, 15) is 13.2 Å². The van der Waals surface area contributed by atoms with E-state index in [0.29, 0.717) is 11.4 Å². The van der Waals surface area contributed by atoms with Crippen LogP contribution >= 0.6 is 23.2 Å². The predicted octanol–water partition coefficient (Wildman–Crippen LogP) is 5.12. The largest absolute Gasteiger partial charge is 0.325 e. The summed E-state index contributed by atoms with van der Waals surface area (Å²) in [7, 11) is -3.95. The van der Waals surface area contributed by atoms with Gasteiger partial charge in [0.15, 0.2) is 0 Å². The lowest BCUT2D eigenvalue weighted by Gasteiger charge is -2.14. The van der Waals surface area contributed by atoms with Gasteiger partial charge in [-0.3, -0.25) is 14.5 Å². The van der Waals surface area contributed by atoms with Crippen LogP contribution in [-0.4, -0.2) is 19.3 Å². The molecule has 2 aromatic carbocycles. The summed E-state index contributed by atoms with van der Waals surface area (Å²) in [5.41, 5.74) is 3.11. The number of aryl methyl sites for hydroxylation is 1. The molecule has 0 aliphatic rings. The van der Waals surface area contributed by atoms with Crippen LogP contribution in [-0.2, 0) is 14.8 Å². The number of rotatable bonds is 5. The van der Waals surface area contributed by atoms with E-state index < -0.39 is 10.0 Å². The topological polar surface area (TPSA) is 88.2 Å². The second kappa shape index (κ2) is 8.41. The van der Waals surface area contributed by atoms with Crippen molar-refractivity contribution < 1.29 is 13.2 Å². The Kier molecular flexibility index (Phi) is 6.12. The molecule has 0 fully saturated rings. The van der Waals surface area contributed by atoms with Crippen molar-refractivity contribution in [3.63, 3.8) is 0 Å². The highest BCUT2D eigenvalue weighted by molar-refractivity contribution is 7.92. The number of nitrogens with one attached hydrogen (secondary N) is 2. The number of hydrogen-bond acceptors (Lipinski definition) is 4. The van der Waals surface area contributed by atoms with Gasteiger partial charge < -0.3 is 5.32 Å². The van der Waals surface area contributed by atoms with Crippen molar-refractivity contribution in [3.05, 3.63) is 70.5 Å². The van der Waals surface area contributed by atoms with E-state index in [1.165, 1.54) is 31.3 Å². The Bertz CT molecular complexity index is 1200. The van der Waals surface area contributed by atoms with Crippen LogP contribution in [0.25, 0.3) is 11.1 Å². The highest BCUT2D eigenvalue weighted by Crippen LogP contribution is 2.32. The minimum atomic E-state index is -3.95. The number of sulfonamides is 1. The summed E-state index contributed by atoms with van der Waals surface area (Å²) >= 11 is 12.0. The molecular weight excluding hydrogens is 433 g/mol. The molecule has 0 atom stereocenters. The zero-order chi connectivity index (χ0) is 21.2. The third kappa shape index (κ3) is 4.87. The first kappa shape index (κ1) is 21.1. The zero-order valence-corrected chi connectivity index (χ0v) is 17.9. The molecular formula is C20H17Cl2N3O3S. The summed E-state index contributed by atoms with van der Waals surface area (Å²) in [6, 6.07) is 11.5. The molecule has 0 saturated carbocycles. The Morgan fingerprint density at radius 3 is 2.52 bits per heavy atom. The first-order valence-corrected chi connectivity index (χ1v) is 10.7. The Hall–Kier alpha value is -2.61. The van der Waals surface area contributed by atoms with Gasteiger partial charge in [0.2, 0.25) is 5.91 Å². The molecule has 9 heteroatoms. The molecule has 0 radical (unpaired) electrons. The van der Waals surface area contributed by atoms with Gasteiger partial charge in [-0.2, -0.15) is 0 Å². The zero-order valence-electron chi connectivity index (χ0n) is 15.5. The predicted molar refractivity (Wildman–Crippen MR) is 116 cm³/mol. The van der Waals surface area contributed by atoms with Gasteiger partial charge in [0.1, 0.15) is 4.90 Å². The van der Waals surface area contributed by atoms with Crippen LogP contribution in [0.5, 0.6) is 0 Å². The number of amides is 1. The second-order valence-electron chi connectivity index (χ2n) is 6.33. The van der Waals surface area contributed by atoms with E-state index in [4.69, 9.17) is 23.2 Å². The van der Waals surface area contributed by atoms with Crippen LogP contribution in [0.1, 0.15) is 12.5 Å². The summed E-state index contributed by atoms with van der Waals surface area (Å²) in [4.78, 5) is 15.3. The van der Waals surface area contributed by atoms with Gasteiger partial charge in [-0.1, -0.05) is 41.4 Å². The van der Waals surface area contributed by atoms with Crippen LogP contribution in [0.2, 0.25) is 10.0 Å². The van der Waals surface area contributed by atoms with E-state index in [0.717, 1.165) is 16.7 Å². The molecule has 0 saturated heterocycles. The van der Waals surface area contributed by atoms with Crippen molar-refractivity contribution >= 4 is 50.5 Å². The van der Waals surface area contributed by atoms with Crippen LogP contribution in [0.15, 0.2) is 59.8 Å². The van der Waals surface area contributed by atoms with Crippen molar-refractivity contribution in [1.82, 2.24) is 4.98 Å². The van der Waals surface area contributed by atoms with Gasteiger partial charge in [0.05, 0.1) is 27.6 Å². The first-order valence-electron chi connectivity index (χ1n) is 8.48. The molecule has 1 heterocycles. The standard InChI is InChI=1S/C20H17Cl2N3O3S/c1-12-6-7-14(15-8-16(11-23-10-15)24-13(2)26)9-18(12)25-29(27,28)19-5-3-4-17(21)20(19)22/h3-11,25H,1-2H3,(H,24,26). The third-order valence-electron chi connectivity index (χ3n) is 4.08. The minimum absolute atomic E-state index is 0.0392. The van der Waals surface area contributed by atoms with Gasteiger partial charge in [-0.25, -0.2) is 8.42 Å². The van der Waals surface area contributed by atoms with Crippen molar-refractivity contribution in [2.45, 2.75) is 18.7 Å². The fourth-order valence-electron chi connectivity index (χ4n) is 2.67. The van der Waals surface area contributed by atoms with Crippen LogP contribution < -0.4 is 10.0 Å². The smallest absolute Gasteiger partial charge is 0.263 e. The normalized spacial score (nSPS) is 11.2. The summed E-state index contributed by atoms with van der Waals surface area (Å²) in [6.07, 6.45) is 3.16. The van der Waals surface area contributed by atoms with E-state index in [2.05, 4.69) is 15.0 Å². The average molecular weight is 450 g/mol. The lowest BCUT2D eigenvalue weighted by atomic mass is 10.0. The maximum atomic E-state index is 12.8. The lowest BCUT2D eigenvalue weighted by Crippen LogP contribution is -2.14. The van der Waals surface area contributed by atoms with Crippen molar-refractivity contribution in [2.24, 2.45) is 0 Å². The van der Waals surface area contributed by atoms with Crippen LogP contribution in [0, 0.1) is 6.92 Å². The van der Waals surface area contributed by atoms with Gasteiger partial charge in [0.25, 0.3) is 10.0 Å². The quantitative estimate of drug-likeness (QED) is 0.565. The van der Waals surface area contributed by atoms with E-state index in [-0.39, 0.29) is 20.8 Å². The number of halogens is 2. The van der Waals surface area contributed by atoms with E-state index in [1.54, 1.807) is 31.3 Å². The van der Waals surface area contributed by atoms with Gasteiger partial charge in [-0.15, -0.1) is 0 Å². The number of hydrogen-bond donors (Lipinski definition) is 2. The molecule has 150 valence electrons. The Morgan fingerprint density at radius 2 is 1.79 bits per heavy atom. The molecule has 2 N–H and O–H groups in total. The number of pyridine rings is 1. The Balaban J connectivity index is 1.98. The summed E-state index contributed by atoms with van der Waals surface area (Å²) in [5.74, 6) is -0.209. The fraction of sp³-hybridized carbons (Fsp3) is 0.100. The fourth-order valence-corrected chi connectivity index (χ4v) is 4.56. The number of benzene rings is 2. The van der Waals surface area contributed by atoms with Crippen molar-refractivity contribution in [1.29, 1.82) is 0 Å². The van der Waals surface area contributed by atoms with Crippen LogP contribution in [0.3, 0.4) is 0 Å². The van der Waals surface area contributed by atoms with Gasteiger partial charge >= 0.3 is 0 Å². The minimum Gasteiger partial charge on any atom is -0.325 e. The highest BCUT2D eigenvalue weighted by Gasteiger charge is 2.20. The van der Waals surface area contributed by atoms with Crippen LogP contribution in [0.4, 0.5) is 11.4 Å². The van der Waals surface area contributed by atoms with E-state index >= 15 is 0 Å². The van der Waals surface area contributed by atoms with Gasteiger partial charge in [-0.05, 0) is 42.3 Å².